The Bertz CT molecular complexity index is 558. The zero-order chi connectivity index (χ0) is 14.2. The van der Waals surface area contributed by atoms with Gasteiger partial charge in [-0.05, 0) is 42.2 Å². The zero-order valence-corrected chi connectivity index (χ0v) is 11.1. The highest BCUT2D eigenvalue weighted by molar-refractivity contribution is 5.92. The van der Waals surface area contributed by atoms with Gasteiger partial charge < -0.3 is 10.4 Å². The molecule has 5 heteroatoms. The van der Waals surface area contributed by atoms with Gasteiger partial charge in [0.2, 0.25) is 0 Å². The van der Waals surface area contributed by atoms with E-state index in [9.17, 15) is 4.79 Å². The fourth-order valence-corrected chi connectivity index (χ4v) is 1.83. The van der Waals surface area contributed by atoms with Crippen molar-refractivity contribution in [3.05, 3.63) is 59.7 Å². The minimum Gasteiger partial charge on any atom is -0.392 e. The lowest BCUT2D eigenvalue weighted by Gasteiger charge is -2.05. The van der Waals surface area contributed by atoms with Crippen LogP contribution in [0.2, 0.25) is 0 Å². The maximum Gasteiger partial charge on any atom is 0.269 e. The van der Waals surface area contributed by atoms with Crippen molar-refractivity contribution in [3.8, 4) is 0 Å². The number of aliphatic hydroxyl groups is 1. The van der Waals surface area contributed by atoms with Crippen LogP contribution < -0.4 is 5.32 Å². The summed E-state index contributed by atoms with van der Waals surface area (Å²) in [6.45, 7) is 0.489. The van der Waals surface area contributed by atoms with Gasteiger partial charge in [0, 0.05) is 25.1 Å². The number of aliphatic hydroxyl groups excluding tert-OH is 1. The number of hydrogen-bond donors (Lipinski definition) is 2. The first-order valence-electron chi connectivity index (χ1n) is 6.52. The summed E-state index contributed by atoms with van der Waals surface area (Å²) in [6.07, 6.45) is 6.81. The van der Waals surface area contributed by atoms with E-state index < -0.39 is 0 Å². The average molecular weight is 271 g/mol. The van der Waals surface area contributed by atoms with Crippen molar-refractivity contribution in [1.29, 1.82) is 0 Å². The maximum atomic E-state index is 11.9. The molecular formula is C15H17N3O2. The lowest BCUT2D eigenvalue weighted by Crippen LogP contribution is -2.25. The largest absolute Gasteiger partial charge is 0.392 e. The van der Waals surface area contributed by atoms with Gasteiger partial charge in [0.05, 0.1) is 6.61 Å². The Morgan fingerprint density at radius 1 is 1.25 bits per heavy atom. The van der Waals surface area contributed by atoms with E-state index in [1.54, 1.807) is 18.3 Å². The zero-order valence-electron chi connectivity index (χ0n) is 11.1. The third kappa shape index (κ3) is 4.13. The third-order valence-corrected chi connectivity index (χ3v) is 2.89. The first kappa shape index (κ1) is 14.1. The standard InChI is InChI=1S/C15H17N3O2/c19-11-13-5-8-17-14(9-13)15(20)18-7-2-4-12-3-1-6-16-10-12/h1,3,5-6,8-10,19H,2,4,7,11H2,(H,18,20). The van der Waals surface area contributed by atoms with Gasteiger partial charge in [-0.2, -0.15) is 0 Å². The summed E-state index contributed by atoms with van der Waals surface area (Å²) in [5.74, 6) is -0.216. The Labute approximate surface area is 117 Å². The maximum absolute atomic E-state index is 11.9. The molecule has 0 aliphatic rings. The highest BCUT2D eigenvalue weighted by Crippen LogP contribution is 2.02. The molecule has 2 rings (SSSR count). The average Bonchev–Trinajstić information content (AvgIpc) is 2.52. The highest BCUT2D eigenvalue weighted by Gasteiger charge is 2.06. The Balaban J connectivity index is 1.77. The Hall–Kier alpha value is -2.27. The number of nitrogens with zero attached hydrogens (tertiary/aromatic N) is 2. The minimum atomic E-state index is -0.216. The monoisotopic (exact) mass is 271 g/mol. The molecule has 0 saturated heterocycles. The minimum absolute atomic E-state index is 0.0934. The molecule has 0 atom stereocenters. The van der Waals surface area contributed by atoms with Crippen molar-refractivity contribution < 1.29 is 9.90 Å². The predicted molar refractivity (Wildman–Crippen MR) is 75.1 cm³/mol. The van der Waals surface area contributed by atoms with Crippen molar-refractivity contribution in [3.63, 3.8) is 0 Å². The van der Waals surface area contributed by atoms with E-state index in [0.29, 0.717) is 17.8 Å². The topological polar surface area (TPSA) is 75.1 Å². The van der Waals surface area contributed by atoms with Crippen molar-refractivity contribution >= 4 is 5.91 Å². The van der Waals surface area contributed by atoms with Crippen LogP contribution in [0.3, 0.4) is 0 Å². The van der Waals surface area contributed by atoms with Crippen molar-refractivity contribution in [2.24, 2.45) is 0 Å². The quantitative estimate of drug-likeness (QED) is 0.777. The second-order valence-corrected chi connectivity index (χ2v) is 4.43. The molecule has 2 N–H and O–H groups in total. The van der Waals surface area contributed by atoms with Crippen LogP contribution in [0.1, 0.15) is 28.0 Å². The summed E-state index contributed by atoms with van der Waals surface area (Å²) in [5.41, 5.74) is 2.17. The third-order valence-electron chi connectivity index (χ3n) is 2.89. The second-order valence-electron chi connectivity index (χ2n) is 4.43. The SMILES string of the molecule is O=C(NCCCc1cccnc1)c1cc(CO)ccn1. The van der Waals surface area contributed by atoms with Gasteiger partial charge in [0.25, 0.3) is 5.91 Å². The molecule has 2 heterocycles. The number of rotatable bonds is 6. The van der Waals surface area contributed by atoms with Crippen LogP contribution in [0.25, 0.3) is 0 Å². The summed E-state index contributed by atoms with van der Waals surface area (Å²) in [7, 11) is 0. The van der Waals surface area contributed by atoms with Crippen LogP contribution in [0.15, 0.2) is 42.9 Å². The lowest BCUT2D eigenvalue weighted by atomic mass is 10.1. The van der Waals surface area contributed by atoms with Crippen molar-refractivity contribution in [1.82, 2.24) is 15.3 Å². The number of aromatic nitrogens is 2. The smallest absolute Gasteiger partial charge is 0.269 e. The van der Waals surface area contributed by atoms with Crippen LogP contribution in [-0.2, 0) is 13.0 Å². The molecule has 104 valence electrons. The highest BCUT2D eigenvalue weighted by atomic mass is 16.3. The first-order valence-corrected chi connectivity index (χ1v) is 6.52. The van der Waals surface area contributed by atoms with E-state index in [1.807, 2.05) is 18.3 Å². The molecule has 0 fully saturated rings. The molecule has 0 aliphatic carbocycles. The summed E-state index contributed by atoms with van der Waals surface area (Å²) in [6, 6.07) is 7.19. The fraction of sp³-hybridized carbons (Fsp3) is 0.267. The lowest BCUT2D eigenvalue weighted by molar-refractivity contribution is 0.0948. The van der Waals surface area contributed by atoms with E-state index in [4.69, 9.17) is 5.11 Å². The normalized spacial score (nSPS) is 10.2. The van der Waals surface area contributed by atoms with Gasteiger partial charge in [-0.15, -0.1) is 0 Å². The number of hydrogen-bond acceptors (Lipinski definition) is 4. The molecule has 0 radical (unpaired) electrons. The number of aryl methyl sites for hydroxylation is 1. The van der Waals surface area contributed by atoms with Gasteiger partial charge in [0.1, 0.15) is 5.69 Å². The van der Waals surface area contributed by atoms with Gasteiger partial charge in [-0.25, -0.2) is 0 Å². The molecule has 2 aromatic heterocycles. The number of carbonyl (C=O) groups excluding carboxylic acids is 1. The van der Waals surface area contributed by atoms with Crippen LogP contribution in [0.4, 0.5) is 0 Å². The van der Waals surface area contributed by atoms with Gasteiger partial charge in [-0.3, -0.25) is 14.8 Å². The van der Waals surface area contributed by atoms with E-state index in [1.165, 1.54) is 6.20 Å². The van der Waals surface area contributed by atoms with Gasteiger partial charge in [-0.1, -0.05) is 6.07 Å². The number of amides is 1. The molecule has 0 bridgehead atoms. The molecule has 5 nitrogen and oxygen atoms in total. The molecule has 0 unspecified atom stereocenters. The molecule has 2 aromatic rings. The second kappa shape index (κ2) is 7.35. The van der Waals surface area contributed by atoms with Gasteiger partial charge >= 0.3 is 0 Å². The van der Waals surface area contributed by atoms with E-state index in [2.05, 4.69) is 15.3 Å². The van der Waals surface area contributed by atoms with Crippen LogP contribution in [0.5, 0.6) is 0 Å². The van der Waals surface area contributed by atoms with Crippen LogP contribution >= 0.6 is 0 Å². The van der Waals surface area contributed by atoms with Crippen LogP contribution in [-0.4, -0.2) is 27.5 Å². The number of pyridine rings is 2. The van der Waals surface area contributed by atoms with Gasteiger partial charge in [0.15, 0.2) is 0 Å². The van der Waals surface area contributed by atoms with Crippen LogP contribution in [0, 0.1) is 0 Å². The molecule has 0 aliphatic heterocycles. The van der Waals surface area contributed by atoms with E-state index in [0.717, 1.165) is 18.4 Å². The Kier molecular flexibility index (Phi) is 5.20. The summed E-state index contributed by atoms with van der Waals surface area (Å²) >= 11 is 0. The molecule has 20 heavy (non-hydrogen) atoms. The van der Waals surface area contributed by atoms with E-state index in [-0.39, 0.29) is 12.5 Å². The van der Waals surface area contributed by atoms with E-state index >= 15 is 0 Å². The molecule has 1 amide bonds. The summed E-state index contributed by atoms with van der Waals surface area (Å²) < 4.78 is 0. The Morgan fingerprint density at radius 2 is 2.15 bits per heavy atom. The Morgan fingerprint density at radius 3 is 2.90 bits per heavy atom. The molecular weight excluding hydrogens is 254 g/mol. The van der Waals surface area contributed by atoms with Crippen molar-refractivity contribution in [2.75, 3.05) is 6.54 Å². The molecule has 0 spiro atoms. The number of nitrogens with one attached hydrogen (secondary N) is 1. The van der Waals surface area contributed by atoms with Crippen molar-refractivity contribution in [2.45, 2.75) is 19.4 Å². The first-order chi connectivity index (χ1) is 9.79. The predicted octanol–water partition coefficient (Wildman–Crippen LogP) is 1.33. The fourth-order valence-electron chi connectivity index (χ4n) is 1.83. The molecule has 0 saturated carbocycles. The number of carbonyl (C=O) groups is 1. The summed E-state index contributed by atoms with van der Waals surface area (Å²) in [5, 5.41) is 11.8. The molecule has 0 aromatic carbocycles. The summed E-state index contributed by atoms with van der Waals surface area (Å²) in [4.78, 5) is 19.9.